The van der Waals surface area contributed by atoms with Gasteiger partial charge in [0.2, 0.25) is 0 Å². The third-order valence-electron chi connectivity index (χ3n) is 4.69. The highest BCUT2D eigenvalue weighted by atomic mass is 15.3. The second kappa shape index (κ2) is 7.00. The minimum absolute atomic E-state index is 0.879. The Hall–Kier alpha value is -3.92. The first-order valence-electron chi connectivity index (χ1n) is 9.21. The zero-order valence-corrected chi connectivity index (χ0v) is 15.2. The molecule has 0 aliphatic carbocycles. The molecule has 3 aromatic carbocycles. The fourth-order valence-electron chi connectivity index (χ4n) is 3.36. The van der Waals surface area contributed by atoms with Crippen molar-refractivity contribution in [2.45, 2.75) is 0 Å². The smallest absolute Gasteiger partial charge is 0.112 e. The van der Waals surface area contributed by atoms with E-state index in [2.05, 4.69) is 35.4 Å². The molecule has 0 radical (unpaired) electrons. The van der Waals surface area contributed by atoms with Gasteiger partial charge >= 0.3 is 0 Å². The van der Waals surface area contributed by atoms with Crippen molar-refractivity contribution in [3.63, 3.8) is 0 Å². The Kier molecular flexibility index (Phi) is 4.07. The van der Waals surface area contributed by atoms with Gasteiger partial charge in [-0.05, 0) is 36.4 Å². The number of rotatable bonds is 4. The zero-order valence-electron chi connectivity index (χ0n) is 15.2. The molecule has 2 aromatic heterocycles. The molecule has 28 heavy (non-hydrogen) atoms. The van der Waals surface area contributed by atoms with Crippen LogP contribution >= 0.6 is 0 Å². The summed E-state index contributed by atoms with van der Waals surface area (Å²) in [5.74, 6) is 0. The SMILES string of the molecule is c1ccc(-c2cc(-c3ccnn3-c3ccccc3)nn2-c2ccccc2)cc1. The molecular weight excluding hydrogens is 344 g/mol. The van der Waals surface area contributed by atoms with Crippen molar-refractivity contribution in [1.29, 1.82) is 0 Å². The molecular formula is C24H18N4. The summed E-state index contributed by atoms with van der Waals surface area (Å²) in [7, 11) is 0. The Labute approximate surface area is 163 Å². The summed E-state index contributed by atoms with van der Waals surface area (Å²) < 4.78 is 3.92. The summed E-state index contributed by atoms with van der Waals surface area (Å²) in [5, 5.41) is 9.46. The van der Waals surface area contributed by atoms with Crippen LogP contribution in [0.3, 0.4) is 0 Å². The van der Waals surface area contributed by atoms with E-state index in [1.807, 2.05) is 88.4 Å². The van der Waals surface area contributed by atoms with E-state index < -0.39 is 0 Å². The summed E-state index contributed by atoms with van der Waals surface area (Å²) in [6, 6.07) is 34.8. The minimum Gasteiger partial charge on any atom is -0.232 e. The van der Waals surface area contributed by atoms with Crippen LogP contribution in [0, 0.1) is 0 Å². The van der Waals surface area contributed by atoms with E-state index in [1.54, 1.807) is 0 Å². The maximum Gasteiger partial charge on any atom is 0.112 e. The molecule has 134 valence electrons. The average molecular weight is 362 g/mol. The topological polar surface area (TPSA) is 35.6 Å². The largest absolute Gasteiger partial charge is 0.232 e. The quantitative estimate of drug-likeness (QED) is 0.429. The predicted molar refractivity (Wildman–Crippen MR) is 112 cm³/mol. The summed E-state index contributed by atoms with van der Waals surface area (Å²) in [6.07, 6.45) is 1.81. The third kappa shape index (κ3) is 2.91. The monoisotopic (exact) mass is 362 g/mol. The standard InChI is InChI=1S/C24H18N4/c1-4-10-19(11-5-1)24-18-22(26-28(24)21-14-8-3-9-15-21)23-16-17-25-27(23)20-12-6-2-7-13-20/h1-18H. The van der Waals surface area contributed by atoms with Crippen molar-refractivity contribution in [3.05, 3.63) is 109 Å². The summed E-state index contributed by atoms with van der Waals surface area (Å²) in [5.41, 5.74) is 6.04. The predicted octanol–water partition coefficient (Wildman–Crippen LogP) is 5.39. The van der Waals surface area contributed by atoms with Gasteiger partial charge in [0.1, 0.15) is 5.69 Å². The highest BCUT2D eigenvalue weighted by Gasteiger charge is 2.16. The number of para-hydroxylation sites is 2. The summed E-state index contributed by atoms with van der Waals surface area (Å²) in [4.78, 5) is 0. The number of hydrogen-bond donors (Lipinski definition) is 0. The first-order valence-corrected chi connectivity index (χ1v) is 9.21. The molecule has 0 aliphatic heterocycles. The van der Waals surface area contributed by atoms with E-state index >= 15 is 0 Å². The molecule has 2 heterocycles. The maximum atomic E-state index is 4.94. The van der Waals surface area contributed by atoms with Crippen LogP contribution in [0.1, 0.15) is 0 Å². The van der Waals surface area contributed by atoms with Crippen molar-refractivity contribution in [3.8, 4) is 34.0 Å². The van der Waals surface area contributed by atoms with E-state index in [9.17, 15) is 0 Å². The third-order valence-corrected chi connectivity index (χ3v) is 4.69. The fraction of sp³-hybridized carbons (Fsp3) is 0. The molecule has 0 bridgehead atoms. The van der Waals surface area contributed by atoms with Gasteiger partial charge in [0.05, 0.1) is 29.0 Å². The van der Waals surface area contributed by atoms with Crippen molar-refractivity contribution >= 4 is 0 Å². The summed E-state index contributed by atoms with van der Waals surface area (Å²) >= 11 is 0. The Bertz CT molecular complexity index is 1130. The van der Waals surface area contributed by atoms with E-state index in [4.69, 9.17) is 5.10 Å². The van der Waals surface area contributed by atoms with Gasteiger partial charge in [0.15, 0.2) is 0 Å². The van der Waals surface area contributed by atoms with Crippen molar-refractivity contribution in [2.24, 2.45) is 0 Å². The lowest BCUT2D eigenvalue weighted by Gasteiger charge is -2.07. The van der Waals surface area contributed by atoms with Crippen LogP contribution in [0.4, 0.5) is 0 Å². The fourth-order valence-corrected chi connectivity index (χ4v) is 3.36. The molecule has 5 rings (SSSR count). The minimum atomic E-state index is 0.879. The van der Waals surface area contributed by atoms with Crippen LogP contribution in [0.15, 0.2) is 109 Å². The van der Waals surface area contributed by atoms with Crippen LogP contribution in [-0.4, -0.2) is 19.6 Å². The van der Waals surface area contributed by atoms with Crippen LogP contribution < -0.4 is 0 Å². The lowest BCUT2D eigenvalue weighted by molar-refractivity contribution is 0.860. The average Bonchev–Trinajstić information content (AvgIpc) is 3.43. The van der Waals surface area contributed by atoms with Crippen molar-refractivity contribution in [1.82, 2.24) is 19.6 Å². The van der Waals surface area contributed by atoms with Crippen molar-refractivity contribution in [2.75, 3.05) is 0 Å². The van der Waals surface area contributed by atoms with Gasteiger partial charge in [-0.1, -0.05) is 66.7 Å². The molecule has 0 aliphatic rings. The molecule has 0 saturated heterocycles. The first kappa shape index (κ1) is 16.3. The van der Waals surface area contributed by atoms with Gasteiger partial charge in [-0.15, -0.1) is 0 Å². The molecule has 0 amide bonds. The number of nitrogens with zero attached hydrogens (tertiary/aromatic N) is 4. The lowest BCUT2D eigenvalue weighted by Crippen LogP contribution is -2.01. The molecule has 0 N–H and O–H groups in total. The number of hydrogen-bond acceptors (Lipinski definition) is 2. The molecule has 4 nitrogen and oxygen atoms in total. The number of benzene rings is 3. The van der Waals surface area contributed by atoms with E-state index in [0.717, 1.165) is 34.0 Å². The van der Waals surface area contributed by atoms with Crippen LogP contribution in [0.25, 0.3) is 34.0 Å². The highest BCUT2D eigenvalue weighted by Crippen LogP contribution is 2.29. The van der Waals surface area contributed by atoms with Gasteiger partial charge in [-0.3, -0.25) is 0 Å². The second-order valence-electron chi connectivity index (χ2n) is 6.49. The van der Waals surface area contributed by atoms with Gasteiger partial charge in [0.25, 0.3) is 0 Å². The molecule has 0 saturated carbocycles. The molecule has 4 heteroatoms. The van der Waals surface area contributed by atoms with Gasteiger partial charge in [-0.25, -0.2) is 9.36 Å². The molecule has 0 spiro atoms. The Morgan fingerprint density at radius 1 is 0.536 bits per heavy atom. The van der Waals surface area contributed by atoms with Gasteiger partial charge < -0.3 is 0 Å². The Balaban J connectivity index is 1.69. The maximum absolute atomic E-state index is 4.94. The van der Waals surface area contributed by atoms with Gasteiger partial charge in [0, 0.05) is 5.56 Å². The van der Waals surface area contributed by atoms with Gasteiger partial charge in [-0.2, -0.15) is 10.2 Å². The zero-order chi connectivity index (χ0) is 18.8. The van der Waals surface area contributed by atoms with E-state index in [0.29, 0.717) is 0 Å². The van der Waals surface area contributed by atoms with Crippen LogP contribution in [0.5, 0.6) is 0 Å². The highest BCUT2D eigenvalue weighted by molar-refractivity contribution is 5.69. The van der Waals surface area contributed by atoms with Crippen LogP contribution in [-0.2, 0) is 0 Å². The number of aromatic nitrogens is 4. The molecule has 0 fully saturated rings. The van der Waals surface area contributed by atoms with Crippen molar-refractivity contribution < 1.29 is 0 Å². The first-order chi connectivity index (χ1) is 13.9. The molecule has 5 aromatic rings. The normalized spacial score (nSPS) is 10.9. The molecule has 0 unspecified atom stereocenters. The van der Waals surface area contributed by atoms with E-state index in [1.165, 1.54) is 0 Å². The second-order valence-corrected chi connectivity index (χ2v) is 6.49. The molecule has 0 atom stereocenters. The summed E-state index contributed by atoms with van der Waals surface area (Å²) in [6.45, 7) is 0. The Morgan fingerprint density at radius 2 is 1.11 bits per heavy atom. The van der Waals surface area contributed by atoms with Crippen LogP contribution in [0.2, 0.25) is 0 Å². The Morgan fingerprint density at radius 3 is 1.75 bits per heavy atom. The lowest BCUT2D eigenvalue weighted by atomic mass is 10.1. The van der Waals surface area contributed by atoms with E-state index in [-0.39, 0.29) is 0 Å².